The van der Waals surface area contributed by atoms with Gasteiger partial charge in [0, 0.05) is 21.2 Å². The molecule has 0 N–H and O–H groups in total. The molecule has 0 aromatic rings. The fraction of sp³-hybridized carbons (Fsp3) is 0.750. The van der Waals surface area contributed by atoms with Crippen molar-refractivity contribution in [2.45, 2.75) is 12.2 Å². The summed E-state index contributed by atoms with van der Waals surface area (Å²) in [5.41, 5.74) is 0. The molecule has 0 spiro atoms. The number of halogens is 3. The van der Waals surface area contributed by atoms with Gasteiger partial charge in [-0.3, -0.25) is 0 Å². The van der Waals surface area contributed by atoms with Gasteiger partial charge in [0.2, 0.25) is 0 Å². The maximum atomic E-state index is 12.2. The molecule has 0 aliphatic carbocycles. The molecule has 2 nitrogen and oxygen atoms in total. The van der Waals surface area contributed by atoms with Crippen molar-refractivity contribution in [3.63, 3.8) is 0 Å². The molecule has 60 valence electrons. The van der Waals surface area contributed by atoms with Crippen LogP contribution in [0.5, 0.6) is 0 Å². The SMILES string of the molecule is CCOC(=O)C(F)(F)SI. The van der Waals surface area contributed by atoms with E-state index in [0.29, 0.717) is 0 Å². The van der Waals surface area contributed by atoms with Gasteiger partial charge in [0.15, 0.2) is 0 Å². The summed E-state index contributed by atoms with van der Waals surface area (Å²) in [4.78, 5) is 10.3. The van der Waals surface area contributed by atoms with Gasteiger partial charge in [-0.05, 0) is 15.9 Å². The van der Waals surface area contributed by atoms with Crippen molar-refractivity contribution in [1.29, 1.82) is 0 Å². The molecule has 0 fully saturated rings. The lowest BCUT2D eigenvalue weighted by Crippen LogP contribution is -2.25. The highest BCUT2D eigenvalue weighted by molar-refractivity contribution is 14.2. The molecular weight excluding hydrogens is 277 g/mol. The molecule has 0 radical (unpaired) electrons. The molecule has 0 aromatic carbocycles. The van der Waals surface area contributed by atoms with Crippen molar-refractivity contribution in [2.24, 2.45) is 0 Å². The average Bonchev–Trinajstić information content (AvgIpc) is 1.89. The summed E-state index contributed by atoms with van der Waals surface area (Å²) in [6.07, 6.45) is 0. The molecule has 0 heterocycles. The van der Waals surface area contributed by atoms with E-state index in [-0.39, 0.29) is 15.5 Å². The van der Waals surface area contributed by atoms with Crippen LogP contribution in [0.3, 0.4) is 0 Å². The van der Waals surface area contributed by atoms with Crippen molar-refractivity contribution < 1.29 is 18.3 Å². The Morgan fingerprint density at radius 1 is 1.80 bits per heavy atom. The Labute approximate surface area is 73.3 Å². The minimum atomic E-state index is -3.41. The summed E-state index contributed by atoms with van der Waals surface area (Å²) >= 11 is 1.35. The van der Waals surface area contributed by atoms with Gasteiger partial charge in [0.05, 0.1) is 6.61 Å². The first-order valence-electron chi connectivity index (χ1n) is 2.39. The molecule has 0 saturated heterocycles. The summed E-state index contributed by atoms with van der Waals surface area (Å²) in [5, 5.41) is -3.41. The van der Waals surface area contributed by atoms with E-state index in [1.165, 1.54) is 28.1 Å². The Kier molecular flexibility index (Phi) is 4.50. The predicted octanol–water partition coefficient (Wildman–Crippen LogP) is 2.23. The van der Waals surface area contributed by atoms with Gasteiger partial charge in [-0.1, -0.05) is 0 Å². The number of esters is 1. The Morgan fingerprint density at radius 3 is 2.60 bits per heavy atom. The van der Waals surface area contributed by atoms with Crippen molar-refractivity contribution in [2.75, 3.05) is 6.61 Å². The normalized spacial score (nSPS) is 11.2. The lowest BCUT2D eigenvalue weighted by atomic mass is 10.7. The van der Waals surface area contributed by atoms with E-state index in [1.807, 2.05) is 0 Å². The van der Waals surface area contributed by atoms with Gasteiger partial charge in [-0.2, -0.15) is 8.78 Å². The van der Waals surface area contributed by atoms with Crippen LogP contribution in [0.1, 0.15) is 6.92 Å². The average molecular weight is 282 g/mol. The molecule has 0 saturated carbocycles. The molecule has 0 amide bonds. The fourth-order valence-electron chi connectivity index (χ4n) is 0.247. The lowest BCUT2D eigenvalue weighted by molar-refractivity contribution is -0.159. The van der Waals surface area contributed by atoms with E-state index in [4.69, 9.17) is 0 Å². The molecule has 0 aromatic heterocycles. The standard InChI is InChI=1S/C4H5F2IO2S/c1-2-9-3(8)4(5,6)10-7/h2H2,1H3. The molecule has 0 atom stereocenters. The lowest BCUT2D eigenvalue weighted by Gasteiger charge is -2.08. The van der Waals surface area contributed by atoms with Crippen LogP contribution in [0.25, 0.3) is 0 Å². The van der Waals surface area contributed by atoms with Gasteiger partial charge >= 0.3 is 11.2 Å². The Balaban J connectivity index is 3.91. The zero-order valence-corrected chi connectivity index (χ0v) is 8.04. The summed E-state index contributed by atoms with van der Waals surface area (Å²) in [6, 6.07) is 0. The number of hydrogen-bond acceptors (Lipinski definition) is 3. The first-order chi connectivity index (χ1) is 4.54. The number of carbonyl (C=O) groups is 1. The monoisotopic (exact) mass is 282 g/mol. The van der Waals surface area contributed by atoms with E-state index in [0.717, 1.165) is 0 Å². The maximum Gasteiger partial charge on any atom is 0.398 e. The first-order valence-corrected chi connectivity index (χ1v) is 5.75. The maximum absolute atomic E-state index is 12.2. The highest BCUT2D eigenvalue weighted by Crippen LogP contribution is 2.35. The summed E-state index contributed by atoms with van der Waals surface area (Å²) < 4.78 is 28.5. The van der Waals surface area contributed by atoms with E-state index >= 15 is 0 Å². The van der Waals surface area contributed by atoms with Crippen LogP contribution < -0.4 is 0 Å². The van der Waals surface area contributed by atoms with Gasteiger partial charge in [-0.25, -0.2) is 4.79 Å². The molecule has 6 heteroatoms. The van der Waals surface area contributed by atoms with Crippen molar-refractivity contribution >= 4 is 36.1 Å². The van der Waals surface area contributed by atoms with Crippen LogP contribution in [0.4, 0.5) is 8.78 Å². The second kappa shape index (κ2) is 4.32. The molecule has 0 unspecified atom stereocenters. The van der Waals surface area contributed by atoms with E-state index < -0.39 is 11.2 Å². The van der Waals surface area contributed by atoms with E-state index in [9.17, 15) is 13.6 Å². The van der Waals surface area contributed by atoms with Crippen molar-refractivity contribution in [3.05, 3.63) is 0 Å². The third-order valence-electron chi connectivity index (χ3n) is 0.610. The van der Waals surface area contributed by atoms with Gasteiger partial charge in [0.25, 0.3) is 0 Å². The van der Waals surface area contributed by atoms with Crippen LogP contribution in [0.2, 0.25) is 0 Å². The van der Waals surface area contributed by atoms with E-state index in [1.54, 1.807) is 0 Å². The number of alkyl halides is 2. The minimum Gasteiger partial charge on any atom is -0.461 e. The quantitative estimate of drug-likeness (QED) is 0.586. The number of ether oxygens (including phenoxy) is 1. The van der Waals surface area contributed by atoms with Gasteiger partial charge < -0.3 is 4.74 Å². The first kappa shape index (κ1) is 10.4. The third-order valence-corrected chi connectivity index (χ3v) is 2.63. The second-order valence-electron chi connectivity index (χ2n) is 1.31. The third kappa shape index (κ3) is 3.00. The van der Waals surface area contributed by atoms with E-state index in [2.05, 4.69) is 4.74 Å². The molecule has 0 bridgehead atoms. The number of carbonyl (C=O) groups excluding carboxylic acids is 1. The summed E-state index contributed by atoms with van der Waals surface area (Å²) in [6.45, 7) is 1.46. The number of rotatable bonds is 3. The topological polar surface area (TPSA) is 26.3 Å². The van der Waals surface area contributed by atoms with Gasteiger partial charge in [-0.15, -0.1) is 0 Å². The summed E-state index contributed by atoms with van der Waals surface area (Å²) in [7, 11) is 0.137. The highest BCUT2D eigenvalue weighted by atomic mass is 127. The Bertz CT molecular complexity index is 130. The molecule has 0 rings (SSSR count). The zero-order chi connectivity index (χ0) is 8.20. The predicted molar refractivity (Wildman–Crippen MR) is 43.2 cm³/mol. The Morgan fingerprint density at radius 2 is 2.30 bits per heavy atom. The molecule has 10 heavy (non-hydrogen) atoms. The highest BCUT2D eigenvalue weighted by Gasteiger charge is 2.40. The van der Waals surface area contributed by atoms with Gasteiger partial charge in [0.1, 0.15) is 0 Å². The zero-order valence-electron chi connectivity index (χ0n) is 5.07. The fourth-order valence-corrected chi connectivity index (χ4v) is 0.908. The van der Waals surface area contributed by atoms with Crippen LogP contribution in [0, 0.1) is 0 Å². The van der Waals surface area contributed by atoms with Crippen LogP contribution >= 0.6 is 30.1 Å². The van der Waals surface area contributed by atoms with Crippen LogP contribution in [0.15, 0.2) is 0 Å². The smallest absolute Gasteiger partial charge is 0.398 e. The van der Waals surface area contributed by atoms with Crippen LogP contribution in [-0.4, -0.2) is 17.8 Å². The molecule has 0 aliphatic heterocycles. The van der Waals surface area contributed by atoms with Crippen molar-refractivity contribution in [3.8, 4) is 0 Å². The number of hydrogen-bond donors (Lipinski definition) is 0. The largest absolute Gasteiger partial charge is 0.461 e. The van der Waals surface area contributed by atoms with Crippen LogP contribution in [-0.2, 0) is 9.53 Å². The van der Waals surface area contributed by atoms with Crippen molar-refractivity contribution in [1.82, 2.24) is 0 Å². The molecule has 0 aliphatic rings. The minimum absolute atomic E-state index is 0.0222. The molecular formula is C4H5F2IO2S. The second-order valence-corrected chi connectivity index (χ2v) is 3.30. The summed E-state index contributed by atoms with van der Waals surface area (Å²) in [5.74, 6) is -1.48. The Hall–Kier alpha value is 0.410.